The van der Waals surface area contributed by atoms with Crippen molar-refractivity contribution < 1.29 is 4.74 Å². The topological polar surface area (TPSA) is 48.1 Å². The van der Waals surface area contributed by atoms with E-state index in [4.69, 9.17) is 10.5 Å². The Morgan fingerprint density at radius 2 is 2.06 bits per heavy atom. The normalized spacial score (nSPS) is 10.9. The number of aromatic nitrogens is 1. The van der Waals surface area contributed by atoms with Crippen molar-refractivity contribution in [1.82, 2.24) is 4.98 Å². The molecule has 1 aromatic heterocycles. The molecule has 2 rings (SSSR count). The number of benzene rings is 1. The van der Waals surface area contributed by atoms with Crippen molar-refractivity contribution in [1.29, 1.82) is 0 Å². The summed E-state index contributed by atoms with van der Waals surface area (Å²) in [4.78, 5) is 4.59. The zero-order valence-electron chi connectivity index (χ0n) is 11.3. The molecule has 0 fully saturated rings. The van der Waals surface area contributed by atoms with Gasteiger partial charge in [-0.25, -0.2) is 0 Å². The van der Waals surface area contributed by atoms with Crippen LogP contribution in [0, 0.1) is 13.8 Å². The Kier molecular flexibility index (Phi) is 3.82. The van der Waals surface area contributed by atoms with Crippen molar-refractivity contribution in [2.24, 2.45) is 5.73 Å². The van der Waals surface area contributed by atoms with Crippen LogP contribution in [0.15, 0.2) is 18.2 Å². The average molecular weight is 244 g/mol. The first-order valence-electron chi connectivity index (χ1n) is 6.31. The third kappa shape index (κ3) is 2.31. The summed E-state index contributed by atoms with van der Waals surface area (Å²) in [6.07, 6.45) is 1.89. The Hall–Kier alpha value is -1.61. The molecule has 2 N–H and O–H groups in total. The molecule has 0 saturated heterocycles. The van der Waals surface area contributed by atoms with Gasteiger partial charge in [-0.1, -0.05) is 0 Å². The Morgan fingerprint density at radius 1 is 1.28 bits per heavy atom. The lowest BCUT2D eigenvalue weighted by atomic mass is 9.98. The summed E-state index contributed by atoms with van der Waals surface area (Å²) in [7, 11) is 1.71. The largest absolute Gasteiger partial charge is 0.496 e. The summed E-state index contributed by atoms with van der Waals surface area (Å²) in [5.74, 6) is 0.935. The van der Waals surface area contributed by atoms with Gasteiger partial charge in [0.25, 0.3) is 0 Å². The van der Waals surface area contributed by atoms with Gasteiger partial charge in [0.2, 0.25) is 0 Å². The molecule has 3 heteroatoms. The van der Waals surface area contributed by atoms with Crippen LogP contribution in [0.2, 0.25) is 0 Å². The summed E-state index contributed by atoms with van der Waals surface area (Å²) in [6.45, 7) is 4.84. The van der Waals surface area contributed by atoms with Crippen molar-refractivity contribution in [2.45, 2.75) is 26.7 Å². The lowest BCUT2D eigenvalue weighted by molar-refractivity contribution is 0.410. The van der Waals surface area contributed by atoms with Crippen molar-refractivity contribution in [3.8, 4) is 5.75 Å². The zero-order chi connectivity index (χ0) is 13.1. The number of aryl methyl sites for hydroxylation is 3. The Labute approximate surface area is 108 Å². The van der Waals surface area contributed by atoms with E-state index in [1.165, 1.54) is 16.5 Å². The van der Waals surface area contributed by atoms with Crippen molar-refractivity contribution in [3.05, 3.63) is 35.0 Å². The van der Waals surface area contributed by atoms with Gasteiger partial charge < -0.3 is 10.5 Å². The SMILES string of the molecule is COc1ccc2nc(C)cc(C)c2c1CCCN. The van der Waals surface area contributed by atoms with E-state index in [-0.39, 0.29) is 0 Å². The molecule has 0 aliphatic carbocycles. The van der Waals surface area contributed by atoms with Crippen LogP contribution in [0.3, 0.4) is 0 Å². The molecular formula is C15H20N2O. The summed E-state index contributed by atoms with van der Waals surface area (Å²) in [5.41, 5.74) is 10.2. The maximum Gasteiger partial charge on any atom is 0.122 e. The van der Waals surface area contributed by atoms with Crippen molar-refractivity contribution >= 4 is 10.9 Å². The number of hydrogen-bond donors (Lipinski definition) is 1. The molecule has 0 amide bonds. The Morgan fingerprint density at radius 3 is 2.72 bits per heavy atom. The van der Waals surface area contributed by atoms with Crippen LogP contribution < -0.4 is 10.5 Å². The molecular weight excluding hydrogens is 224 g/mol. The van der Waals surface area contributed by atoms with Crippen molar-refractivity contribution in [3.63, 3.8) is 0 Å². The number of methoxy groups -OCH3 is 1. The summed E-state index contributed by atoms with van der Waals surface area (Å²) in [5, 5.41) is 1.22. The van der Waals surface area contributed by atoms with E-state index in [9.17, 15) is 0 Å². The van der Waals surface area contributed by atoms with E-state index in [1.54, 1.807) is 7.11 Å². The number of nitrogens with zero attached hydrogens (tertiary/aromatic N) is 1. The van der Waals surface area contributed by atoms with Gasteiger partial charge in [-0.05, 0) is 57.0 Å². The highest BCUT2D eigenvalue weighted by Gasteiger charge is 2.11. The summed E-state index contributed by atoms with van der Waals surface area (Å²) < 4.78 is 5.47. The van der Waals surface area contributed by atoms with Crippen LogP contribution in [-0.4, -0.2) is 18.6 Å². The van der Waals surface area contributed by atoms with Gasteiger partial charge in [-0.15, -0.1) is 0 Å². The summed E-state index contributed by atoms with van der Waals surface area (Å²) in [6, 6.07) is 6.15. The van der Waals surface area contributed by atoms with Gasteiger partial charge in [-0.3, -0.25) is 4.98 Å². The third-order valence-electron chi connectivity index (χ3n) is 3.22. The Balaban J connectivity index is 2.67. The number of hydrogen-bond acceptors (Lipinski definition) is 3. The minimum Gasteiger partial charge on any atom is -0.496 e. The fourth-order valence-electron chi connectivity index (χ4n) is 2.48. The lowest BCUT2D eigenvalue weighted by Crippen LogP contribution is -2.03. The molecule has 0 saturated carbocycles. The number of pyridine rings is 1. The van der Waals surface area contributed by atoms with Crippen molar-refractivity contribution in [2.75, 3.05) is 13.7 Å². The standard InChI is InChI=1S/C15H20N2O/c1-10-9-11(2)17-13-6-7-14(18-3)12(15(10)13)5-4-8-16/h6-7,9H,4-5,8,16H2,1-3H3. The molecule has 0 aliphatic heterocycles. The number of ether oxygens (including phenoxy) is 1. The monoisotopic (exact) mass is 244 g/mol. The van der Waals surface area contributed by atoms with E-state index in [1.807, 2.05) is 19.1 Å². The number of nitrogens with two attached hydrogens (primary N) is 1. The van der Waals surface area contributed by atoms with Crippen LogP contribution in [0.5, 0.6) is 5.75 Å². The smallest absolute Gasteiger partial charge is 0.122 e. The molecule has 96 valence electrons. The molecule has 0 aliphatic rings. The van der Waals surface area contributed by atoms with E-state index >= 15 is 0 Å². The van der Waals surface area contributed by atoms with Crippen LogP contribution >= 0.6 is 0 Å². The van der Waals surface area contributed by atoms with Gasteiger partial charge in [0.1, 0.15) is 5.75 Å². The maximum absolute atomic E-state index is 5.62. The number of fused-ring (bicyclic) bond motifs is 1. The molecule has 0 bridgehead atoms. The predicted octanol–water partition coefficient (Wildman–Crippen LogP) is 2.75. The number of rotatable bonds is 4. The van der Waals surface area contributed by atoms with Crippen LogP contribution in [0.4, 0.5) is 0 Å². The quantitative estimate of drug-likeness (QED) is 0.899. The highest BCUT2D eigenvalue weighted by atomic mass is 16.5. The highest BCUT2D eigenvalue weighted by molar-refractivity contribution is 5.87. The van der Waals surface area contributed by atoms with E-state index in [0.29, 0.717) is 6.54 Å². The molecule has 0 atom stereocenters. The van der Waals surface area contributed by atoms with Gasteiger partial charge in [0.05, 0.1) is 12.6 Å². The molecule has 1 aromatic carbocycles. The molecule has 1 heterocycles. The molecule has 0 spiro atoms. The molecule has 2 aromatic rings. The van der Waals surface area contributed by atoms with Gasteiger partial charge in [-0.2, -0.15) is 0 Å². The second-order valence-corrected chi connectivity index (χ2v) is 4.61. The first-order valence-corrected chi connectivity index (χ1v) is 6.31. The minimum absolute atomic E-state index is 0.692. The van der Waals surface area contributed by atoms with Crippen LogP contribution in [-0.2, 0) is 6.42 Å². The average Bonchev–Trinajstić information content (AvgIpc) is 2.35. The van der Waals surface area contributed by atoms with Gasteiger partial charge in [0.15, 0.2) is 0 Å². The second kappa shape index (κ2) is 5.36. The van der Waals surface area contributed by atoms with Gasteiger partial charge in [0, 0.05) is 16.6 Å². The van der Waals surface area contributed by atoms with Crippen LogP contribution in [0.25, 0.3) is 10.9 Å². The third-order valence-corrected chi connectivity index (χ3v) is 3.22. The summed E-state index contributed by atoms with van der Waals surface area (Å²) >= 11 is 0. The van der Waals surface area contributed by atoms with Gasteiger partial charge >= 0.3 is 0 Å². The van der Waals surface area contributed by atoms with E-state index in [2.05, 4.69) is 18.0 Å². The minimum atomic E-state index is 0.692. The second-order valence-electron chi connectivity index (χ2n) is 4.61. The fourth-order valence-corrected chi connectivity index (χ4v) is 2.48. The molecule has 0 unspecified atom stereocenters. The zero-order valence-corrected chi connectivity index (χ0v) is 11.3. The first kappa shape index (κ1) is 12.8. The van der Waals surface area contributed by atoms with Crippen LogP contribution in [0.1, 0.15) is 23.2 Å². The van der Waals surface area contributed by atoms with E-state index < -0.39 is 0 Å². The maximum atomic E-state index is 5.62. The molecule has 18 heavy (non-hydrogen) atoms. The van der Waals surface area contributed by atoms with E-state index in [0.717, 1.165) is 29.8 Å². The highest BCUT2D eigenvalue weighted by Crippen LogP contribution is 2.30. The first-order chi connectivity index (χ1) is 8.67. The molecule has 3 nitrogen and oxygen atoms in total. The lowest BCUT2D eigenvalue weighted by Gasteiger charge is -2.14. The molecule has 0 radical (unpaired) electrons. The predicted molar refractivity (Wildman–Crippen MR) is 75.1 cm³/mol. The Bertz CT molecular complexity index is 564. The fraction of sp³-hybridized carbons (Fsp3) is 0.400.